The number of aliphatic hydroxyl groups is 1. The van der Waals surface area contributed by atoms with Crippen LogP contribution >= 0.6 is 15.6 Å². The molecule has 0 amide bonds. The van der Waals surface area contributed by atoms with E-state index in [9.17, 15) is 43.2 Å². The fourth-order valence-electron chi connectivity index (χ4n) is 10.0. The molecule has 0 saturated carbocycles. The normalized spacial score (nSPS) is 14.7. The van der Waals surface area contributed by atoms with E-state index < -0.39 is 97.5 Å². The summed E-state index contributed by atoms with van der Waals surface area (Å²) in [7, 11) is -10.0. The summed E-state index contributed by atoms with van der Waals surface area (Å²) < 4.78 is 68.4. The molecule has 0 rings (SSSR count). The van der Waals surface area contributed by atoms with Gasteiger partial charge in [-0.1, -0.05) is 301 Å². The van der Waals surface area contributed by atoms with E-state index >= 15 is 0 Å². The fraction of sp³-hybridized carbons (Fsp3) is 0.647. The molecule has 0 aliphatic rings. The second-order valence-corrected chi connectivity index (χ2v) is 28.8. The van der Waals surface area contributed by atoms with E-state index in [0.29, 0.717) is 38.5 Å². The highest BCUT2D eigenvalue weighted by Crippen LogP contribution is 2.45. The zero-order valence-corrected chi connectivity index (χ0v) is 66.4. The molecule has 104 heavy (non-hydrogen) atoms. The monoisotopic (exact) mass is 1490 g/mol. The average Bonchev–Trinajstić information content (AvgIpc) is 0.907. The van der Waals surface area contributed by atoms with E-state index in [4.69, 9.17) is 37.0 Å². The quantitative estimate of drug-likeness (QED) is 0.0169. The molecule has 0 aromatic rings. The zero-order chi connectivity index (χ0) is 76.0. The van der Waals surface area contributed by atoms with Crippen molar-refractivity contribution in [3.05, 3.63) is 158 Å². The first kappa shape index (κ1) is 98.7. The molecule has 0 radical (unpaired) electrons. The van der Waals surface area contributed by atoms with Gasteiger partial charge in [0.2, 0.25) is 0 Å². The molecule has 0 aliphatic carbocycles. The summed E-state index contributed by atoms with van der Waals surface area (Å²) in [5.74, 6) is -2.39. The van der Waals surface area contributed by atoms with Crippen molar-refractivity contribution < 1.29 is 80.2 Å². The molecule has 2 unspecified atom stereocenters. The van der Waals surface area contributed by atoms with Crippen molar-refractivity contribution in [3.8, 4) is 0 Å². The maximum absolute atomic E-state index is 13.1. The zero-order valence-electron chi connectivity index (χ0n) is 64.6. The van der Waals surface area contributed by atoms with Gasteiger partial charge < -0.3 is 33.8 Å². The molecule has 0 bridgehead atoms. The summed E-state index contributed by atoms with van der Waals surface area (Å²) in [5.41, 5.74) is 0. The molecule has 17 nitrogen and oxygen atoms in total. The molecule has 0 spiro atoms. The Morgan fingerprint density at radius 3 is 0.817 bits per heavy atom. The predicted molar refractivity (Wildman–Crippen MR) is 427 cm³/mol. The Kier molecular flexibility index (Phi) is 72.0. The van der Waals surface area contributed by atoms with Gasteiger partial charge in [0, 0.05) is 25.7 Å². The van der Waals surface area contributed by atoms with Crippen LogP contribution in [0.5, 0.6) is 0 Å². The first-order valence-electron chi connectivity index (χ1n) is 39.7. The summed E-state index contributed by atoms with van der Waals surface area (Å²) in [6.45, 7) is 4.44. The smallest absolute Gasteiger partial charge is 0.462 e. The van der Waals surface area contributed by atoms with Crippen LogP contribution in [-0.2, 0) is 65.4 Å². The third-order valence-corrected chi connectivity index (χ3v) is 17.9. The minimum absolute atomic E-state index is 0.0350. The van der Waals surface area contributed by atoms with Gasteiger partial charge in [0.05, 0.1) is 26.4 Å². The highest BCUT2D eigenvalue weighted by Gasteiger charge is 2.30. The van der Waals surface area contributed by atoms with E-state index in [2.05, 4.69) is 149 Å². The highest BCUT2D eigenvalue weighted by molar-refractivity contribution is 7.47. The summed E-state index contributed by atoms with van der Waals surface area (Å²) >= 11 is 0. The number of hydrogen-bond acceptors (Lipinski definition) is 15. The Morgan fingerprint density at radius 2 is 0.519 bits per heavy atom. The summed E-state index contributed by atoms with van der Waals surface area (Å²) in [5, 5.41) is 10.6. The number of hydrogen-bond donors (Lipinski definition) is 3. The van der Waals surface area contributed by atoms with Crippen LogP contribution < -0.4 is 0 Å². The fourth-order valence-corrected chi connectivity index (χ4v) is 11.6. The molecule has 0 heterocycles. The second kappa shape index (κ2) is 75.9. The van der Waals surface area contributed by atoms with Gasteiger partial charge in [0.25, 0.3) is 0 Å². The number of unbranched alkanes of at least 4 members (excludes halogenated alkanes) is 21. The minimum atomic E-state index is -5.01. The summed E-state index contributed by atoms with van der Waals surface area (Å²) in [4.78, 5) is 72.9. The number of carbonyl (C=O) groups is 4. The average molecular weight is 1500 g/mol. The SMILES string of the molecule is CC/C=C\C/C=C\C/C=C\C/C=C\C/C=C\C/C=C\CCC(=O)O[C@H](COC(=O)CCCCCCC/C=C\CCCCCC)COP(=O)(O)OC[C@@H](O)COP(=O)(O)OC[C@@H](COC(=O)CCCCCCCCCCCCCCC)OC(=O)CC/C=C\C/C=C\C/C=C\C/C=C\C/C=C\C/C=C\CC. The molecule has 0 aromatic heterocycles. The van der Waals surface area contributed by atoms with Crippen LogP contribution in [0.15, 0.2) is 158 Å². The Hall–Kier alpha value is -5.32. The van der Waals surface area contributed by atoms with Gasteiger partial charge in [-0.3, -0.25) is 37.3 Å². The molecule has 19 heteroatoms. The van der Waals surface area contributed by atoms with Gasteiger partial charge in [-0.2, -0.15) is 0 Å². The number of carbonyl (C=O) groups excluding carboxylic acids is 4. The van der Waals surface area contributed by atoms with Gasteiger partial charge in [-0.25, -0.2) is 9.13 Å². The van der Waals surface area contributed by atoms with Crippen LogP contribution in [-0.4, -0.2) is 96.7 Å². The number of phosphoric acid groups is 2. The van der Waals surface area contributed by atoms with Crippen LogP contribution in [0, 0.1) is 0 Å². The van der Waals surface area contributed by atoms with Crippen LogP contribution in [0.25, 0.3) is 0 Å². The van der Waals surface area contributed by atoms with Crippen LogP contribution in [0.2, 0.25) is 0 Å². The number of aliphatic hydroxyl groups excluding tert-OH is 1. The van der Waals surface area contributed by atoms with E-state index in [1.54, 1.807) is 0 Å². The number of phosphoric ester groups is 2. The third kappa shape index (κ3) is 74.9. The van der Waals surface area contributed by atoms with Crippen molar-refractivity contribution in [1.82, 2.24) is 0 Å². The van der Waals surface area contributed by atoms with Crippen molar-refractivity contribution in [2.75, 3.05) is 39.6 Å². The maximum atomic E-state index is 13.1. The van der Waals surface area contributed by atoms with E-state index in [-0.39, 0.29) is 25.7 Å². The number of allylic oxidation sites excluding steroid dienone is 26. The molecule has 0 aliphatic heterocycles. The van der Waals surface area contributed by atoms with Crippen molar-refractivity contribution in [2.45, 2.75) is 316 Å². The lowest BCUT2D eigenvalue weighted by Crippen LogP contribution is -2.30. The second-order valence-electron chi connectivity index (χ2n) is 25.9. The van der Waals surface area contributed by atoms with E-state index in [0.717, 1.165) is 128 Å². The lowest BCUT2D eigenvalue weighted by molar-refractivity contribution is -0.161. The molecular weight excluding hydrogens is 1350 g/mol. The highest BCUT2D eigenvalue weighted by atomic mass is 31.2. The van der Waals surface area contributed by atoms with E-state index in [1.165, 1.54) is 77.0 Å². The largest absolute Gasteiger partial charge is 0.472 e. The van der Waals surface area contributed by atoms with Gasteiger partial charge >= 0.3 is 39.5 Å². The Bertz CT molecular complexity index is 2590. The Labute approximate surface area is 629 Å². The molecule has 5 atom stereocenters. The van der Waals surface area contributed by atoms with Crippen LogP contribution in [0.3, 0.4) is 0 Å². The van der Waals surface area contributed by atoms with E-state index in [1.807, 2.05) is 36.5 Å². The molecular formula is C85H140O17P2. The molecule has 0 fully saturated rings. The van der Waals surface area contributed by atoms with Gasteiger partial charge in [-0.15, -0.1) is 0 Å². The lowest BCUT2D eigenvalue weighted by Gasteiger charge is -2.21. The first-order chi connectivity index (χ1) is 50.7. The van der Waals surface area contributed by atoms with Crippen LogP contribution in [0.1, 0.15) is 297 Å². The molecule has 0 saturated heterocycles. The minimum Gasteiger partial charge on any atom is -0.462 e. The van der Waals surface area contributed by atoms with Crippen molar-refractivity contribution in [3.63, 3.8) is 0 Å². The van der Waals surface area contributed by atoms with Crippen LogP contribution in [0.4, 0.5) is 0 Å². The maximum Gasteiger partial charge on any atom is 0.472 e. The predicted octanol–water partition coefficient (Wildman–Crippen LogP) is 23.2. The standard InChI is InChI=1S/C85H140O17P2/c1-5-9-13-17-21-25-29-33-35-37-39-41-43-47-51-55-59-63-67-71-84(89)101-80(75-95-82(87)69-65-61-57-53-49-45-31-27-23-19-15-11-7-3)77-99-103(91,92)97-73-79(86)74-98-104(93,94)100-78-81(76-96-83(88)70-66-62-58-54-50-46-32-28-24-20-16-12-8-4)102-85(90)72-68-64-60-56-52-48-44-42-40-38-36-34-30-26-22-18-14-10-6-2/h9-10,13-14,21-22,25-27,31,33-36,39-42,47-48,51-52,59-60,63-64,79-81,86H,5-8,11-12,15-20,23-24,28-30,32,37-38,43-46,49-50,53-58,61-62,65-78H2,1-4H3,(H,91,92)(H,93,94)/b13-9-,14-10-,25-21-,26-22-,31-27-,35-33-,36-34-,41-39-,42-40-,51-47-,52-48-,63-59-,64-60-/t79-,80-,81-/m1/s1. The van der Waals surface area contributed by atoms with Gasteiger partial charge in [-0.05, 0) is 128 Å². The number of rotatable bonds is 73. The number of esters is 4. The topological polar surface area (TPSA) is 237 Å². The molecule has 592 valence electrons. The lowest BCUT2D eigenvalue weighted by atomic mass is 10.0. The molecule has 0 aromatic carbocycles. The van der Waals surface area contributed by atoms with Crippen molar-refractivity contribution in [1.29, 1.82) is 0 Å². The Balaban J connectivity index is 5.50. The van der Waals surface area contributed by atoms with Gasteiger partial charge in [0.15, 0.2) is 12.2 Å². The van der Waals surface area contributed by atoms with Crippen molar-refractivity contribution in [2.24, 2.45) is 0 Å². The molecule has 3 N–H and O–H groups in total. The summed E-state index contributed by atoms with van der Waals surface area (Å²) in [6.07, 6.45) is 88.3. The number of ether oxygens (including phenoxy) is 4. The Morgan fingerprint density at radius 1 is 0.279 bits per heavy atom. The van der Waals surface area contributed by atoms with Crippen molar-refractivity contribution >= 4 is 39.5 Å². The first-order valence-corrected chi connectivity index (χ1v) is 42.7. The third-order valence-electron chi connectivity index (χ3n) is 16.0. The summed E-state index contributed by atoms with van der Waals surface area (Å²) in [6, 6.07) is 0. The van der Waals surface area contributed by atoms with Gasteiger partial charge in [0.1, 0.15) is 19.3 Å².